The third-order valence-electron chi connectivity index (χ3n) is 4.08. The van der Waals surface area contributed by atoms with Crippen molar-refractivity contribution in [3.63, 3.8) is 0 Å². The molecule has 1 aliphatic heterocycles. The van der Waals surface area contributed by atoms with Crippen LogP contribution in [0.1, 0.15) is 12.8 Å². The Morgan fingerprint density at radius 3 is 2.62 bits per heavy atom. The summed E-state index contributed by atoms with van der Waals surface area (Å²) in [6, 6.07) is 2.83. The van der Waals surface area contributed by atoms with Gasteiger partial charge in [-0.05, 0) is 32.0 Å². The third-order valence-corrected chi connectivity index (χ3v) is 6.00. The van der Waals surface area contributed by atoms with E-state index in [0.717, 1.165) is 28.6 Å². The maximum absolute atomic E-state index is 12.8. The van der Waals surface area contributed by atoms with E-state index in [9.17, 15) is 28.1 Å². The molecule has 1 aromatic rings. The lowest BCUT2D eigenvalue weighted by molar-refractivity contribution is -0.384. The Balaban J connectivity index is 2.20. The standard InChI is InChI=1S/C15H20N4O6S/c1-16-9-11(10-20)17-15(21)14-3-2-8-18(14)26(24,25)13-6-4-12(5-7-13)19(22)23/h4-7,10-11,14,16H,2-3,8-9H2,1H3,(H,17,21)/t11?,14-/m0/s1. The summed E-state index contributed by atoms with van der Waals surface area (Å²) in [7, 11) is -2.36. The fourth-order valence-electron chi connectivity index (χ4n) is 2.80. The van der Waals surface area contributed by atoms with Crippen molar-refractivity contribution in [2.75, 3.05) is 20.1 Å². The van der Waals surface area contributed by atoms with Gasteiger partial charge in [0.25, 0.3) is 5.69 Å². The Hall–Kier alpha value is -2.37. The van der Waals surface area contributed by atoms with Gasteiger partial charge >= 0.3 is 0 Å². The number of amides is 1. The number of nitro benzene ring substituents is 1. The largest absolute Gasteiger partial charge is 0.344 e. The molecule has 26 heavy (non-hydrogen) atoms. The highest BCUT2D eigenvalue weighted by Crippen LogP contribution is 2.27. The third kappa shape index (κ3) is 4.23. The molecule has 0 spiro atoms. The van der Waals surface area contributed by atoms with Crippen LogP contribution in [0.5, 0.6) is 0 Å². The summed E-state index contributed by atoms with van der Waals surface area (Å²) in [6.07, 6.45) is 1.42. The lowest BCUT2D eigenvalue weighted by Gasteiger charge is -2.24. The minimum absolute atomic E-state index is 0.120. The fourth-order valence-corrected chi connectivity index (χ4v) is 4.45. The van der Waals surface area contributed by atoms with Gasteiger partial charge in [0.1, 0.15) is 12.3 Å². The first-order valence-electron chi connectivity index (χ1n) is 7.98. The van der Waals surface area contributed by atoms with Crippen molar-refractivity contribution in [3.8, 4) is 0 Å². The number of sulfonamides is 1. The van der Waals surface area contributed by atoms with Crippen LogP contribution in [0.15, 0.2) is 29.2 Å². The Bertz CT molecular complexity index is 780. The number of rotatable bonds is 8. The number of benzene rings is 1. The summed E-state index contributed by atoms with van der Waals surface area (Å²) < 4.78 is 26.7. The molecule has 142 valence electrons. The first-order chi connectivity index (χ1) is 12.3. The highest BCUT2D eigenvalue weighted by atomic mass is 32.2. The molecule has 1 saturated heterocycles. The van der Waals surface area contributed by atoms with E-state index in [-0.39, 0.29) is 23.7 Å². The number of nitro groups is 1. The summed E-state index contributed by atoms with van der Waals surface area (Å²) in [5.41, 5.74) is -0.222. The molecule has 0 aliphatic carbocycles. The first-order valence-corrected chi connectivity index (χ1v) is 9.42. The zero-order valence-electron chi connectivity index (χ0n) is 14.1. The second-order valence-electron chi connectivity index (χ2n) is 5.83. The predicted molar refractivity (Wildman–Crippen MR) is 91.9 cm³/mol. The van der Waals surface area contributed by atoms with Gasteiger partial charge in [0.05, 0.1) is 15.9 Å². The molecule has 1 aromatic carbocycles. The molecule has 1 heterocycles. The monoisotopic (exact) mass is 384 g/mol. The maximum atomic E-state index is 12.8. The molecule has 2 atom stereocenters. The topological polar surface area (TPSA) is 139 Å². The van der Waals surface area contributed by atoms with Gasteiger partial charge < -0.3 is 15.4 Å². The Morgan fingerprint density at radius 2 is 2.08 bits per heavy atom. The van der Waals surface area contributed by atoms with Crippen molar-refractivity contribution in [2.45, 2.75) is 29.8 Å². The molecule has 2 N–H and O–H groups in total. The number of nitrogens with zero attached hydrogens (tertiary/aromatic N) is 2. The SMILES string of the molecule is CNCC(C=O)NC(=O)[C@@H]1CCCN1S(=O)(=O)c1ccc([N+](=O)[O-])cc1. The van der Waals surface area contributed by atoms with Crippen LogP contribution in [0.3, 0.4) is 0 Å². The molecule has 0 radical (unpaired) electrons. The summed E-state index contributed by atoms with van der Waals surface area (Å²) in [5.74, 6) is -0.541. The van der Waals surface area contributed by atoms with Crippen LogP contribution < -0.4 is 10.6 Å². The highest BCUT2D eigenvalue weighted by molar-refractivity contribution is 7.89. The van der Waals surface area contributed by atoms with E-state index in [1.165, 1.54) is 0 Å². The predicted octanol–water partition coefficient (Wildman–Crippen LogP) is -0.349. The summed E-state index contributed by atoms with van der Waals surface area (Å²) >= 11 is 0. The average Bonchev–Trinajstić information content (AvgIpc) is 3.12. The maximum Gasteiger partial charge on any atom is 0.269 e. The normalized spacial score (nSPS) is 19.0. The van der Waals surface area contributed by atoms with Crippen LogP contribution in [0.25, 0.3) is 0 Å². The van der Waals surface area contributed by atoms with E-state index < -0.39 is 32.9 Å². The van der Waals surface area contributed by atoms with Crippen molar-refractivity contribution >= 4 is 27.9 Å². The minimum Gasteiger partial charge on any atom is -0.344 e. The molecule has 10 nitrogen and oxygen atoms in total. The quantitative estimate of drug-likeness (QED) is 0.355. The fraction of sp³-hybridized carbons (Fsp3) is 0.467. The highest BCUT2D eigenvalue weighted by Gasteiger charge is 2.40. The Kier molecular flexibility index (Phi) is 6.40. The number of aldehydes is 1. The van der Waals surface area contributed by atoms with E-state index in [1.807, 2.05) is 0 Å². The molecule has 2 rings (SSSR count). The van der Waals surface area contributed by atoms with E-state index in [1.54, 1.807) is 7.05 Å². The number of carbonyl (C=O) groups is 2. The van der Waals surface area contributed by atoms with Crippen LogP contribution >= 0.6 is 0 Å². The van der Waals surface area contributed by atoms with Gasteiger partial charge in [-0.25, -0.2) is 8.42 Å². The van der Waals surface area contributed by atoms with Gasteiger partial charge in [0, 0.05) is 25.2 Å². The zero-order valence-corrected chi connectivity index (χ0v) is 14.9. The number of likely N-dealkylation sites (N-methyl/N-ethyl adjacent to an activating group) is 1. The van der Waals surface area contributed by atoms with Crippen molar-refractivity contribution in [2.24, 2.45) is 0 Å². The van der Waals surface area contributed by atoms with Crippen molar-refractivity contribution in [3.05, 3.63) is 34.4 Å². The van der Waals surface area contributed by atoms with E-state index in [4.69, 9.17) is 0 Å². The molecule has 1 unspecified atom stereocenters. The van der Waals surface area contributed by atoms with Gasteiger partial charge in [0.15, 0.2) is 0 Å². The number of carbonyl (C=O) groups excluding carboxylic acids is 2. The van der Waals surface area contributed by atoms with Crippen molar-refractivity contribution in [1.82, 2.24) is 14.9 Å². The first kappa shape index (κ1) is 19.9. The van der Waals surface area contributed by atoms with Gasteiger partial charge in [-0.3, -0.25) is 14.9 Å². The molecule has 0 aromatic heterocycles. The van der Waals surface area contributed by atoms with E-state index >= 15 is 0 Å². The van der Waals surface area contributed by atoms with Gasteiger partial charge in [0.2, 0.25) is 15.9 Å². The molecule has 1 fully saturated rings. The Labute approximate surface area is 150 Å². The summed E-state index contributed by atoms with van der Waals surface area (Å²) in [4.78, 5) is 33.4. The molecule has 11 heteroatoms. The average molecular weight is 384 g/mol. The van der Waals surface area contributed by atoms with Crippen LogP contribution in [0.4, 0.5) is 5.69 Å². The summed E-state index contributed by atoms with van der Waals surface area (Å²) in [6.45, 7) is 0.395. The number of non-ortho nitro benzene ring substituents is 1. The van der Waals surface area contributed by atoms with E-state index in [2.05, 4.69) is 10.6 Å². The number of hydrogen-bond acceptors (Lipinski definition) is 7. The zero-order chi connectivity index (χ0) is 19.3. The lowest BCUT2D eigenvalue weighted by Crippen LogP contribution is -2.51. The van der Waals surface area contributed by atoms with Gasteiger partial charge in [-0.2, -0.15) is 4.31 Å². The molecule has 1 amide bonds. The van der Waals surface area contributed by atoms with E-state index in [0.29, 0.717) is 19.1 Å². The molecule has 0 bridgehead atoms. The second kappa shape index (κ2) is 8.34. The summed E-state index contributed by atoms with van der Waals surface area (Å²) in [5, 5.41) is 16.0. The second-order valence-corrected chi connectivity index (χ2v) is 7.72. The lowest BCUT2D eigenvalue weighted by atomic mass is 10.2. The van der Waals surface area contributed by atoms with Gasteiger partial charge in [-0.15, -0.1) is 0 Å². The van der Waals surface area contributed by atoms with Crippen LogP contribution in [-0.2, 0) is 19.6 Å². The van der Waals surface area contributed by atoms with Crippen molar-refractivity contribution < 1.29 is 22.9 Å². The van der Waals surface area contributed by atoms with Crippen LogP contribution in [-0.4, -0.2) is 62.1 Å². The van der Waals surface area contributed by atoms with Gasteiger partial charge in [-0.1, -0.05) is 0 Å². The molecular formula is C15H20N4O6S. The van der Waals surface area contributed by atoms with Crippen LogP contribution in [0.2, 0.25) is 0 Å². The number of nitrogens with one attached hydrogen (secondary N) is 2. The number of hydrogen-bond donors (Lipinski definition) is 2. The minimum atomic E-state index is -3.98. The molecule has 1 aliphatic rings. The smallest absolute Gasteiger partial charge is 0.269 e. The Morgan fingerprint density at radius 1 is 1.42 bits per heavy atom. The van der Waals surface area contributed by atoms with Crippen LogP contribution in [0, 0.1) is 10.1 Å². The molecular weight excluding hydrogens is 364 g/mol. The van der Waals surface area contributed by atoms with Crippen molar-refractivity contribution in [1.29, 1.82) is 0 Å². The molecule has 0 saturated carbocycles.